The number of rotatable bonds is 3. The average molecular weight is 129 g/mol. The third-order valence-electron chi connectivity index (χ3n) is 1.13. The Morgan fingerprint density at radius 1 is 1.67 bits per heavy atom. The monoisotopic (exact) mass is 129 g/mol. The average Bonchev–Trinajstić information content (AvgIpc) is 1.84. The third kappa shape index (κ3) is 4.18. The molecule has 0 aliphatic rings. The summed E-state index contributed by atoms with van der Waals surface area (Å²) in [4.78, 5) is 0. The van der Waals surface area contributed by atoms with Gasteiger partial charge in [0.15, 0.2) is 0 Å². The number of hydrogen-bond donors (Lipinski definition) is 2. The van der Waals surface area contributed by atoms with Gasteiger partial charge in [-0.05, 0) is 13.3 Å². The lowest BCUT2D eigenvalue weighted by atomic mass is 10.1. The smallest absolute Gasteiger partial charge is 0.0921 e. The van der Waals surface area contributed by atoms with E-state index in [1.165, 1.54) is 0 Å². The summed E-state index contributed by atoms with van der Waals surface area (Å²) < 4.78 is 0. The van der Waals surface area contributed by atoms with Crippen LogP contribution in [0.25, 0.3) is 0 Å². The molecule has 0 saturated heterocycles. The number of aliphatic hydroxyl groups is 1. The van der Waals surface area contributed by atoms with Gasteiger partial charge in [-0.25, -0.2) is 0 Å². The Balaban J connectivity index is 3.70. The lowest BCUT2D eigenvalue weighted by molar-refractivity contribution is 0.121. The van der Waals surface area contributed by atoms with Gasteiger partial charge in [0.2, 0.25) is 0 Å². The molecule has 0 aromatic carbocycles. The van der Waals surface area contributed by atoms with E-state index >= 15 is 0 Å². The van der Waals surface area contributed by atoms with Gasteiger partial charge in [0.05, 0.1) is 5.60 Å². The highest BCUT2D eigenvalue weighted by Crippen LogP contribution is 2.01. The summed E-state index contributed by atoms with van der Waals surface area (Å²) in [6, 6.07) is 0. The van der Waals surface area contributed by atoms with E-state index < -0.39 is 5.60 Å². The molecule has 0 saturated carbocycles. The van der Waals surface area contributed by atoms with Crippen molar-refractivity contribution < 1.29 is 5.11 Å². The van der Waals surface area contributed by atoms with E-state index in [0.717, 1.165) is 6.42 Å². The van der Waals surface area contributed by atoms with Crippen LogP contribution in [0.4, 0.5) is 0 Å². The SMILES string of the molecule is CC/C=C/C(C)(O)CN. The Hall–Kier alpha value is -0.340. The molecule has 1 atom stereocenters. The molecule has 9 heavy (non-hydrogen) atoms. The largest absolute Gasteiger partial charge is 0.385 e. The minimum atomic E-state index is -0.810. The van der Waals surface area contributed by atoms with E-state index in [1.807, 2.05) is 13.0 Å². The van der Waals surface area contributed by atoms with Gasteiger partial charge in [-0.3, -0.25) is 0 Å². The molecule has 0 spiro atoms. The second-order valence-electron chi connectivity index (χ2n) is 2.37. The van der Waals surface area contributed by atoms with Gasteiger partial charge in [-0.1, -0.05) is 19.1 Å². The van der Waals surface area contributed by atoms with Crippen molar-refractivity contribution in [1.29, 1.82) is 0 Å². The van der Waals surface area contributed by atoms with Gasteiger partial charge in [0, 0.05) is 6.54 Å². The standard InChI is InChI=1S/C7H15NO/c1-3-4-5-7(2,9)6-8/h4-5,9H,3,6,8H2,1-2H3/b5-4+. The second kappa shape index (κ2) is 3.64. The zero-order valence-corrected chi connectivity index (χ0v) is 6.09. The molecule has 2 nitrogen and oxygen atoms in total. The molecule has 0 fully saturated rings. The molecule has 1 unspecified atom stereocenters. The van der Waals surface area contributed by atoms with Crippen LogP contribution in [0.15, 0.2) is 12.2 Å². The Labute approximate surface area is 56.4 Å². The molecule has 0 bridgehead atoms. The fourth-order valence-electron chi connectivity index (χ4n) is 0.440. The van der Waals surface area contributed by atoms with Crippen LogP contribution in [-0.2, 0) is 0 Å². The van der Waals surface area contributed by atoms with Crippen LogP contribution in [0.5, 0.6) is 0 Å². The van der Waals surface area contributed by atoms with Crippen molar-refractivity contribution in [3.8, 4) is 0 Å². The summed E-state index contributed by atoms with van der Waals surface area (Å²) in [5.41, 5.74) is 4.44. The Morgan fingerprint density at radius 2 is 2.22 bits per heavy atom. The van der Waals surface area contributed by atoms with Gasteiger partial charge in [0.25, 0.3) is 0 Å². The molecule has 0 radical (unpaired) electrons. The van der Waals surface area contributed by atoms with Gasteiger partial charge in [0.1, 0.15) is 0 Å². The van der Waals surface area contributed by atoms with Crippen LogP contribution in [-0.4, -0.2) is 17.3 Å². The summed E-state index contributed by atoms with van der Waals surface area (Å²) in [7, 11) is 0. The molecule has 0 aromatic rings. The highest BCUT2D eigenvalue weighted by Gasteiger charge is 2.11. The lowest BCUT2D eigenvalue weighted by Gasteiger charge is -2.14. The molecule has 0 amide bonds. The first-order valence-electron chi connectivity index (χ1n) is 3.22. The molecule has 3 N–H and O–H groups in total. The quantitative estimate of drug-likeness (QED) is 0.550. The van der Waals surface area contributed by atoms with Crippen molar-refractivity contribution in [3.63, 3.8) is 0 Å². The second-order valence-corrected chi connectivity index (χ2v) is 2.37. The van der Waals surface area contributed by atoms with Crippen molar-refractivity contribution in [1.82, 2.24) is 0 Å². The lowest BCUT2D eigenvalue weighted by Crippen LogP contribution is -2.31. The first-order valence-corrected chi connectivity index (χ1v) is 3.22. The minimum absolute atomic E-state index is 0.281. The predicted molar refractivity (Wildman–Crippen MR) is 39.1 cm³/mol. The van der Waals surface area contributed by atoms with E-state index in [9.17, 15) is 5.11 Å². The van der Waals surface area contributed by atoms with Crippen molar-refractivity contribution >= 4 is 0 Å². The van der Waals surface area contributed by atoms with E-state index in [0.29, 0.717) is 0 Å². The number of allylic oxidation sites excluding steroid dienone is 1. The fraction of sp³-hybridized carbons (Fsp3) is 0.714. The van der Waals surface area contributed by atoms with Crippen LogP contribution in [0.3, 0.4) is 0 Å². The maximum absolute atomic E-state index is 9.24. The molecule has 54 valence electrons. The van der Waals surface area contributed by atoms with Crippen molar-refractivity contribution in [2.45, 2.75) is 25.9 Å². The van der Waals surface area contributed by atoms with Gasteiger partial charge >= 0.3 is 0 Å². The minimum Gasteiger partial charge on any atom is -0.385 e. The summed E-state index contributed by atoms with van der Waals surface area (Å²) >= 11 is 0. The number of nitrogens with two attached hydrogens (primary N) is 1. The van der Waals surface area contributed by atoms with Crippen LogP contribution in [0, 0.1) is 0 Å². The highest BCUT2D eigenvalue weighted by atomic mass is 16.3. The highest BCUT2D eigenvalue weighted by molar-refractivity contribution is 4.98. The molecule has 2 heteroatoms. The Kier molecular flexibility index (Phi) is 3.50. The van der Waals surface area contributed by atoms with E-state index in [2.05, 4.69) is 0 Å². The van der Waals surface area contributed by atoms with Crippen molar-refractivity contribution in [2.24, 2.45) is 5.73 Å². The van der Waals surface area contributed by atoms with Crippen molar-refractivity contribution in [2.75, 3.05) is 6.54 Å². The maximum Gasteiger partial charge on any atom is 0.0921 e. The normalized spacial score (nSPS) is 18.2. The van der Waals surface area contributed by atoms with Crippen LogP contribution in [0.1, 0.15) is 20.3 Å². The van der Waals surface area contributed by atoms with Crippen LogP contribution >= 0.6 is 0 Å². The summed E-state index contributed by atoms with van der Waals surface area (Å²) in [6.45, 7) is 3.99. The van der Waals surface area contributed by atoms with Gasteiger partial charge < -0.3 is 10.8 Å². The molecule has 0 aliphatic carbocycles. The first-order chi connectivity index (χ1) is 4.12. The molecular formula is C7H15NO. The number of hydrogen-bond acceptors (Lipinski definition) is 2. The van der Waals surface area contributed by atoms with Crippen LogP contribution in [0.2, 0.25) is 0 Å². The fourth-order valence-corrected chi connectivity index (χ4v) is 0.440. The van der Waals surface area contributed by atoms with Gasteiger partial charge in [-0.15, -0.1) is 0 Å². The molecule has 0 aliphatic heterocycles. The van der Waals surface area contributed by atoms with E-state index in [1.54, 1.807) is 13.0 Å². The molecular weight excluding hydrogens is 114 g/mol. The Morgan fingerprint density at radius 3 is 2.56 bits per heavy atom. The van der Waals surface area contributed by atoms with Crippen LogP contribution < -0.4 is 5.73 Å². The van der Waals surface area contributed by atoms with E-state index in [-0.39, 0.29) is 6.54 Å². The topological polar surface area (TPSA) is 46.2 Å². The third-order valence-corrected chi connectivity index (χ3v) is 1.13. The van der Waals surface area contributed by atoms with E-state index in [4.69, 9.17) is 5.73 Å². The maximum atomic E-state index is 9.24. The molecule has 0 heterocycles. The molecule has 0 rings (SSSR count). The first kappa shape index (κ1) is 8.66. The zero-order chi connectivity index (χ0) is 7.33. The summed E-state index contributed by atoms with van der Waals surface area (Å²) in [6.07, 6.45) is 4.58. The summed E-state index contributed by atoms with van der Waals surface area (Å²) in [5.74, 6) is 0. The van der Waals surface area contributed by atoms with Crippen molar-refractivity contribution in [3.05, 3.63) is 12.2 Å². The molecule has 0 aromatic heterocycles. The predicted octanol–water partition coefficient (Wildman–Crippen LogP) is 0.662. The zero-order valence-electron chi connectivity index (χ0n) is 6.09. The summed E-state index contributed by atoms with van der Waals surface area (Å²) in [5, 5.41) is 9.24. The Bertz CT molecular complexity index is 97.1. The van der Waals surface area contributed by atoms with Gasteiger partial charge in [-0.2, -0.15) is 0 Å².